The quantitative estimate of drug-likeness (QED) is 0.626. The van der Waals surface area contributed by atoms with Gasteiger partial charge in [-0.05, 0) is 40.5 Å². The van der Waals surface area contributed by atoms with Crippen molar-refractivity contribution in [3.05, 3.63) is 6.04 Å². The summed E-state index contributed by atoms with van der Waals surface area (Å²) >= 11 is 0. The van der Waals surface area contributed by atoms with Crippen molar-refractivity contribution in [1.29, 1.82) is 0 Å². The van der Waals surface area contributed by atoms with Crippen LogP contribution in [-0.4, -0.2) is 43.0 Å². The first-order valence-corrected chi connectivity index (χ1v) is 5.35. The summed E-state index contributed by atoms with van der Waals surface area (Å²) in [5.74, 6) is 0. The van der Waals surface area contributed by atoms with Crippen molar-refractivity contribution < 1.29 is 0 Å². The van der Waals surface area contributed by atoms with Gasteiger partial charge in [0.1, 0.15) is 0 Å². The molecule has 0 rings (SSSR count). The molecule has 0 aromatic rings. The Hall–Kier alpha value is -0.0800. The van der Waals surface area contributed by atoms with Gasteiger partial charge in [0.2, 0.25) is 0 Å². The average Bonchev–Trinajstić information content (AvgIpc) is 2.07. The summed E-state index contributed by atoms with van der Waals surface area (Å²) in [7, 11) is 4.28. The predicted octanol–water partition coefficient (Wildman–Crippen LogP) is 2.22. The molecule has 0 saturated heterocycles. The van der Waals surface area contributed by atoms with Gasteiger partial charge in [-0.2, -0.15) is 0 Å². The molecule has 0 aliphatic carbocycles. The van der Waals surface area contributed by atoms with E-state index in [-0.39, 0.29) is 0 Å². The van der Waals surface area contributed by atoms with E-state index in [4.69, 9.17) is 0 Å². The van der Waals surface area contributed by atoms with Crippen molar-refractivity contribution in [3.8, 4) is 0 Å². The van der Waals surface area contributed by atoms with Crippen LogP contribution < -0.4 is 0 Å². The largest absolute Gasteiger partial charge is 0.300 e. The minimum absolute atomic E-state index is 0.579. The van der Waals surface area contributed by atoms with Gasteiger partial charge in [-0.15, -0.1) is 0 Å². The highest BCUT2D eigenvalue weighted by Crippen LogP contribution is 2.18. The Morgan fingerprint density at radius 2 is 1.54 bits per heavy atom. The highest BCUT2D eigenvalue weighted by Gasteiger charge is 2.22. The number of rotatable bonds is 6. The normalized spacial score (nSPS) is 14.5. The Balaban J connectivity index is 4.24. The molecule has 0 amide bonds. The zero-order chi connectivity index (χ0) is 10.4. The summed E-state index contributed by atoms with van der Waals surface area (Å²) < 4.78 is 0. The highest BCUT2D eigenvalue weighted by molar-refractivity contribution is 4.96. The van der Waals surface area contributed by atoms with Crippen molar-refractivity contribution in [2.75, 3.05) is 27.2 Å². The zero-order valence-corrected chi connectivity index (χ0v) is 10.1. The molecule has 0 spiro atoms. The van der Waals surface area contributed by atoms with Crippen LogP contribution in [0, 0.1) is 6.04 Å². The van der Waals surface area contributed by atoms with E-state index in [1.807, 2.05) is 0 Å². The Morgan fingerprint density at radius 3 is 1.77 bits per heavy atom. The van der Waals surface area contributed by atoms with E-state index in [0.717, 1.165) is 19.5 Å². The van der Waals surface area contributed by atoms with E-state index >= 15 is 0 Å². The van der Waals surface area contributed by atoms with Crippen LogP contribution in [-0.2, 0) is 0 Å². The predicted molar refractivity (Wildman–Crippen MR) is 59.6 cm³/mol. The minimum atomic E-state index is 0.579. The Labute approximate surface area is 83.9 Å². The minimum Gasteiger partial charge on any atom is -0.300 e. The van der Waals surface area contributed by atoms with Crippen LogP contribution in [0.1, 0.15) is 34.1 Å². The van der Waals surface area contributed by atoms with Crippen molar-refractivity contribution >= 4 is 0 Å². The SMILES string of the molecule is CC[C](C(C)N(CC)CC)N(C)C. The molecule has 1 radical (unpaired) electrons. The maximum absolute atomic E-state index is 2.48. The molecule has 0 aliphatic heterocycles. The smallest absolute Gasteiger partial charge is 0.0553 e. The lowest BCUT2D eigenvalue weighted by Crippen LogP contribution is -2.42. The van der Waals surface area contributed by atoms with Crippen molar-refractivity contribution in [3.63, 3.8) is 0 Å². The van der Waals surface area contributed by atoms with Gasteiger partial charge in [0.25, 0.3) is 0 Å². The number of nitrogens with zero attached hydrogens (tertiary/aromatic N) is 2. The topological polar surface area (TPSA) is 6.48 Å². The molecule has 13 heavy (non-hydrogen) atoms. The van der Waals surface area contributed by atoms with Crippen LogP contribution >= 0.6 is 0 Å². The summed E-state index contributed by atoms with van der Waals surface area (Å²) in [6.07, 6.45) is 1.14. The van der Waals surface area contributed by atoms with E-state index in [2.05, 4.69) is 51.6 Å². The monoisotopic (exact) mass is 185 g/mol. The van der Waals surface area contributed by atoms with Crippen LogP contribution in [0.25, 0.3) is 0 Å². The lowest BCUT2D eigenvalue weighted by molar-refractivity contribution is 0.186. The maximum Gasteiger partial charge on any atom is 0.0553 e. The first-order valence-electron chi connectivity index (χ1n) is 5.35. The first-order chi connectivity index (χ1) is 6.08. The molecular formula is C11H25N2. The third-order valence-corrected chi connectivity index (χ3v) is 2.78. The molecule has 0 aromatic heterocycles. The first kappa shape index (κ1) is 12.9. The lowest BCUT2D eigenvalue weighted by atomic mass is 10.0. The van der Waals surface area contributed by atoms with Gasteiger partial charge in [-0.3, -0.25) is 4.90 Å². The molecule has 0 aromatic carbocycles. The molecule has 0 saturated carbocycles. The zero-order valence-electron chi connectivity index (χ0n) is 10.1. The van der Waals surface area contributed by atoms with Crippen LogP contribution in [0.5, 0.6) is 0 Å². The summed E-state index contributed by atoms with van der Waals surface area (Å²) in [5.41, 5.74) is 0. The van der Waals surface area contributed by atoms with Crippen molar-refractivity contribution in [2.24, 2.45) is 0 Å². The van der Waals surface area contributed by atoms with Gasteiger partial charge in [-0.25, -0.2) is 0 Å². The molecule has 0 aliphatic rings. The van der Waals surface area contributed by atoms with Gasteiger partial charge < -0.3 is 4.90 Å². The Kier molecular flexibility index (Phi) is 6.35. The summed E-state index contributed by atoms with van der Waals surface area (Å²) in [4.78, 5) is 4.74. The molecule has 79 valence electrons. The van der Waals surface area contributed by atoms with Gasteiger partial charge >= 0.3 is 0 Å². The second-order valence-electron chi connectivity index (χ2n) is 3.64. The van der Waals surface area contributed by atoms with Crippen molar-refractivity contribution in [1.82, 2.24) is 9.80 Å². The van der Waals surface area contributed by atoms with Gasteiger partial charge in [0.15, 0.2) is 0 Å². The van der Waals surface area contributed by atoms with Crippen molar-refractivity contribution in [2.45, 2.75) is 40.2 Å². The molecule has 2 heteroatoms. The Bertz CT molecular complexity index is 119. The van der Waals surface area contributed by atoms with E-state index in [1.165, 1.54) is 6.04 Å². The van der Waals surface area contributed by atoms with Crippen LogP contribution in [0.15, 0.2) is 0 Å². The number of likely N-dealkylation sites (N-methyl/N-ethyl adjacent to an activating group) is 2. The third kappa shape index (κ3) is 3.65. The molecule has 0 heterocycles. The van der Waals surface area contributed by atoms with Gasteiger partial charge in [-0.1, -0.05) is 20.8 Å². The molecule has 1 atom stereocenters. The summed E-state index contributed by atoms with van der Waals surface area (Å²) in [5, 5.41) is 0. The fourth-order valence-corrected chi connectivity index (χ4v) is 1.97. The fraction of sp³-hybridized carbons (Fsp3) is 0.909. The highest BCUT2D eigenvalue weighted by atomic mass is 15.2. The summed E-state index contributed by atoms with van der Waals surface area (Å²) in [6.45, 7) is 11.2. The van der Waals surface area contributed by atoms with E-state index in [0.29, 0.717) is 6.04 Å². The second kappa shape index (κ2) is 6.39. The van der Waals surface area contributed by atoms with E-state index in [9.17, 15) is 0 Å². The third-order valence-electron chi connectivity index (χ3n) is 2.78. The molecule has 1 unspecified atom stereocenters. The fourth-order valence-electron chi connectivity index (χ4n) is 1.97. The second-order valence-corrected chi connectivity index (χ2v) is 3.64. The van der Waals surface area contributed by atoms with Gasteiger partial charge in [0.05, 0.1) is 6.04 Å². The molecule has 0 N–H and O–H groups in total. The molecule has 0 fully saturated rings. The standard InChI is InChI=1S/C11H25N2/c1-7-11(12(5)6)10(4)13(8-2)9-3/h10H,7-9H2,1-6H3. The molecule has 2 nitrogen and oxygen atoms in total. The number of hydrogen-bond donors (Lipinski definition) is 0. The Morgan fingerprint density at radius 1 is 1.08 bits per heavy atom. The van der Waals surface area contributed by atoms with Crippen LogP contribution in [0.3, 0.4) is 0 Å². The van der Waals surface area contributed by atoms with Crippen LogP contribution in [0.2, 0.25) is 0 Å². The lowest BCUT2D eigenvalue weighted by Gasteiger charge is -2.35. The van der Waals surface area contributed by atoms with E-state index in [1.54, 1.807) is 0 Å². The molecule has 0 bridgehead atoms. The average molecular weight is 185 g/mol. The van der Waals surface area contributed by atoms with Gasteiger partial charge in [0, 0.05) is 6.04 Å². The number of hydrogen-bond acceptors (Lipinski definition) is 2. The maximum atomic E-state index is 2.48. The van der Waals surface area contributed by atoms with Crippen LogP contribution in [0.4, 0.5) is 0 Å². The molecular weight excluding hydrogens is 160 g/mol. The summed E-state index contributed by atoms with van der Waals surface area (Å²) in [6, 6.07) is 2.10. The van der Waals surface area contributed by atoms with E-state index < -0.39 is 0 Å².